The number of rotatable bonds is 7. The van der Waals surface area contributed by atoms with Crippen LogP contribution in [0.5, 0.6) is 0 Å². The van der Waals surface area contributed by atoms with E-state index < -0.39 is 0 Å². The van der Waals surface area contributed by atoms with E-state index in [1.54, 1.807) is 23.7 Å². The van der Waals surface area contributed by atoms with Gasteiger partial charge in [0, 0.05) is 12.7 Å². The molecule has 21 heavy (non-hydrogen) atoms. The van der Waals surface area contributed by atoms with E-state index in [-0.39, 0.29) is 17.3 Å². The molecule has 0 atom stereocenters. The van der Waals surface area contributed by atoms with Gasteiger partial charge in [-0.15, -0.1) is 0 Å². The molecule has 0 aliphatic heterocycles. The van der Waals surface area contributed by atoms with E-state index in [0.717, 1.165) is 24.3 Å². The van der Waals surface area contributed by atoms with E-state index >= 15 is 0 Å². The first-order valence-electron chi connectivity index (χ1n) is 7.02. The quantitative estimate of drug-likeness (QED) is 0.727. The first-order valence-corrected chi connectivity index (χ1v) is 8.18. The van der Waals surface area contributed by atoms with Gasteiger partial charge < -0.3 is 9.64 Å². The van der Waals surface area contributed by atoms with Crippen molar-refractivity contribution in [3.05, 3.63) is 30.3 Å². The van der Waals surface area contributed by atoms with Crippen LogP contribution in [0.3, 0.4) is 0 Å². The number of methoxy groups -OCH3 is 1. The Morgan fingerprint density at radius 3 is 2.52 bits per heavy atom. The van der Waals surface area contributed by atoms with Gasteiger partial charge in [0.2, 0.25) is 5.91 Å². The SMILES string of the molecule is COC(=O)CC1(CSCC(=O)N(C)c2ccccc2)CC1. The number of thioether (sulfide) groups is 1. The van der Waals surface area contributed by atoms with Crippen molar-refractivity contribution in [3.63, 3.8) is 0 Å². The summed E-state index contributed by atoms with van der Waals surface area (Å²) in [6.07, 6.45) is 2.58. The molecule has 1 aliphatic carbocycles. The lowest BCUT2D eigenvalue weighted by atomic mass is 10.1. The number of benzene rings is 1. The molecule has 0 aromatic heterocycles. The minimum atomic E-state index is -0.152. The fourth-order valence-corrected chi connectivity index (χ4v) is 3.47. The molecule has 0 heterocycles. The second kappa shape index (κ2) is 6.98. The van der Waals surface area contributed by atoms with Gasteiger partial charge in [0.1, 0.15) is 0 Å². The van der Waals surface area contributed by atoms with Crippen LogP contribution in [0.2, 0.25) is 0 Å². The summed E-state index contributed by atoms with van der Waals surface area (Å²) in [5.74, 6) is 1.21. The number of carbonyl (C=O) groups excluding carboxylic acids is 2. The number of hydrogen-bond acceptors (Lipinski definition) is 4. The van der Waals surface area contributed by atoms with Crippen molar-refractivity contribution in [3.8, 4) is 0 Å². The Morgan fingerprint density at radius 1 is 1.29 bits per heavy atom. The lowest BCUT2D eigenvalue weighted by molar-refractivity contribution is -0.141. The van der Waals surface area contributed by atoms with Crippen molar-refractivity contribution in [1.82, 2.24) is 0 Å². The number of hydrogen-bond donors (Lipinski definition) is 0. The van der Waals surface area contributed by atoms with Crippen molar-refractivity contribution >= 4 is 29.3 Å². The van der Waals surface area contributed by atoms with Gasteiger partial charge in [-0.25, -0.2) is 0 Å². The van der Waals surface area contributed by atoms with Crippen LogP contribution in [0.4, 0.5) is 5.69 Å². The highest BCUT2D eigenvalue weighted by molar-refractivity contribution is 8.00. The molecule has 114 valence electrons. The van der Waals surface area contributed by atoms with Crippen LogP contribution in [0.25, 0.3) is 0 Å². The summed E-state index contributed by atoms with van der Waals surface area (Å²) < 4.78 is 4.73. The molecule has 0 spiro atoms. The van der Waals surface area contributed by atoms with Gasteiger partial charge in [-0.3, -0.25) is 9.59 Å². The molecule has 1 saturated carbocycles. The maximum absolute atomic E-state index is 12.1. The molecule has 1 aromatic rings. The monoisotopic (exact) mass is 307 g/mol. The summed E-state index contributed by atoms with van der Waals surface area (Å²) >= 11 is 1.61. The Kier molecular flexibility index (Phi) is 5.28. The van der Waals surface area contributed by atoms with Crippen molar-refractivity contribution in [1.29, 1.82) is 0 Å². The predicted molar refractivity (Wildman–Crippen MR) is 85.5 cm³/mol. The summed E-state index contributed by atoms with van der Waals surface area (Å²) in [4.78, 5) is 25.2. The zero-order valence-electron chi connectivity index (χ0n) is 12.5. The molecule has 0 radical (unpaired) electrons. The number of nitrogens with zero attached hydrogens (tertiary/aromatic N) is 1. The highest BCUT2D eigenvalue weighted by Gasteiger charge is 2.44. The van der Waals surface area contributed by atoms with E-state index in [4.69, 9.17) is 4.74 Å². The summed E-state index contributed by atoms with van der Waals surface area (Å²) in [5.41, 5.74) is 0.974. The van der Waals surface area contributed by atoms with E-state index in [2.05, 4.69) is 0 Å². The van der Waals surface area contributed by atoms with Crippen LogP contribution in [0.15, 0.2) is 30.3 Å². The predicted octanol–water partition coefficient (Wildman–Crippen LogP) is 2.73. The molecule has 0 saturated heterocycles. The highest BCUT2D eigenvalue weighted by Crippen LogP contribution is 2.51. The lowest BCUT2D eigenvalue weighted by Crippen LogP contribution is -2.28. The molecule has 1 fully saturated rings. The van der Waals surface area contributed by atoms with E-state index in [0.29, 0.717) is 12.2 Å². The largest absolute Gasteiger partial charge is 0.469 e. The zero-order valence-corrected chi connectivity index (χ0v) is 13.3. The van der Waals surface area contributed by atoms with Crippen molar-refractivity contribution in [2.75, 3.05) is 30.6 Å². The van der Waals surface area contributed by atoms with Gasteiger partial charge in [-0.05, 0) is 36.1 Å². The number of para-hydroxylation sites is 1. The number of amides is 1. The Balaban J connectivity index is 1.76. The Hall–Kier alpha value is -1.49. The van der Waals surface area contributed by atoms with Crippen molar-refractivity contribution < 1.29 is 14.3 Å². The summed E-state index contributed by atoms with van der Waals surface area (Å²) in [6.45, 7) is 0. The fraction of sp³-hybridized carbons (Fsp3) is 0.500. The molecule has 0 N–H and O–H groups in total. The number of esters is 1. The highest BCUT2D eigenvalue weighted by atomic mass is 32.2. The maximum Gasteiger partial charge on any atom is 0.306 e. The van der Waals surface area contributed by atoms with E-state index in [1.807, 2.05) is 30.3 Å². The number of ether oxygens (including phenoxy) is 1. The Bertz CT molecular complexity index is 500. The zero-order chi connectivity index (χ0) is 15.3. The molecule has 1 aliphatic rings. The van der Waals surface area contributed by atoms with Gasteiger partial charge in [-0.1, -0.05) is 18.2 Å². The molecule has 0 unspecified atom stereocenters. The fourth-order valence-electron chi connectivity index (χ4n) is 2.17. The van der Waals surface area contributed by atoms with Crippen LogP contribution < -0.4 is 4.90 Å². The van der Waals surface area contributed by atoms with E-state index in [1.165, 1.54) is 7.11 Å². The minimum Gasteiger partial charge on any atom is -0.469 e. The second-order valence-electron chi connectivity index (χ2n) is 5.53. The van der Waals surface area contributed by atoms with Gasteiger partial charge in [0.15, 0.2) is 0 Å². The summed E-state index contributed by atoms with van der Waals surface area (Å²) in [6, 6.07) is 9.61. The standard InChI is InChI=1S/C16H21NO3S/c1-17(13-6-4-3-5-7-13)14(18)11-21-12-16(8-9-16)10-15(19)20-2/h3-7H,8-12H2,1-2H3. The van der Waals surface area contributed by atoms with Crippen molar-refractivity contribution in [2.24, 2.45) is 5.41 Å². The van der Waals surface area contributed by atoms with E-state index in [9.17, 15) is 9.59 Å². The molecule has 2 rings (SSSR count). The summed E-state index contributed by atoms with van der Waals surface area (Å²) in [5, 5.41) is 0. The van der Waals surface area contributed by atoms with Crippen LogP contribution in [-0.4, -0.2) is 37.5 Å². The Labute approximate surface area is 129 Å². The molecule has 1 aromatic carbocycles. The first kappa shape index (κ1) is 15.9. The van der Waals surface area contributed by atoms with Gasteiger partial charge in [-0.2, -0.15) is 11.8 Å². The normalized spacial score (nSPS) is 15.3. The van der Waals surface area contributed by atoms with Gasteiger partial charge in [0.25, 0.3) is 0 Å². The molecule has 4 nitrogen and oxygen atoms in total. The molecule has 5 heteroatoms. The van der Waals surface area contributed by atoms with Crippen LogP contribution >= 0.6 is 11.8 Å². The molecular formula is C16H21NO3S. The first-order chi connectivity index (χ1) is 10.1. The Morgan fingerprint density at radius 2 is 1.95 bits per heavy atom. The van der Waals surface area contributed by atoms with Crippen LogP contribution in [0, 0.1) is 5.41 Å². The van der Waals surface area contributed by atoms with Crippen LogP contribution in [0.1, 0.15) is 19.3 Å². The van der Waals surface area contributed by atoms with Gasteiger partial charge >= 0.3 is 5.97 Å². The smallest absolute Gasteiger partial charge is 0.306 e. The van der Waals surface area contributed by atoms with Gasteiger partial charge in [0.05, 0.1) is 19.3 Å². The average molecular weight is 307 g/mol. The molecule has 1 amide bonds. The third kappa shape index (κ3) is 4.49. The van der Waals surface area contributed by atoms with Crippen LogP contribution in [-0.2, 0) is 14.3 Å². The third-order valence-electron chi connectivity index (χ3n) is 3.86. The second-order valence-corrected chi connectivity index (χ2v) is 6.52. The molecular weight excluding hydrogens is 286 g/mol. The summed E-state index contributed by atoms with van der Waals surface area (Å²) in [7, 11) is 3.21. The lowest BCUT2D eigenvalue weighted by Gasteiger charge is -2.18. The topological polar surface area (TPSA) is 46.6 Å². The number of carbonyl (C=O) groups is 2. The maximum atomic E-state index is 12.1. The minimum absolute atomic E-state index is 0.0728. The van der Waals surface area contributed by atoms with Crippen molar-refractivity contribution in [2.45, 2.75) is 19.3 Å². The molecule has 0 bridgehead atoms. The number of anilines is 1. The average Bonchev–Trinajstić information content (AvgIpc) is 3.26. The third-order valence-corrected chi connectivity index (χ3v) is 5.12.